The molecule has 1 atom stereocenters. The fourth-order valence-electron chi connectivity index (χ4n) is 5.07. The minimum absolute atomic E-state index is 0.0913. The number of sulfonamides is 1. The topological polar surface area (TPSA) is 86.8 Å². The lowest BCUT2D eigenvalue weighted by Gasteiger charge is -2.33. The van der Waals surface area contributed by atoms with Crippen LogP contribution in [0.3, 0.4) is 0 Å². The van der Waals surface area contributed by atoms with E-state index in [1.54, 1.807) is 37.3 Å². The number of carbonyl (C=O) groups excluding carboxylic acids is 2. The number of carbonyl (C=O) groups is 2. The van der Waals surface area contributed by atoms with Crippen LogP contribution < -0.4 is 9.62 Å². The monoisotopic (exact) mass is 639 g/mol. The summed E-state index contributed by atoms with van der Waals surface area (Å²) in [5.74, 6) is -0.692. The van der Waals surface area contributed by atoms with Crippen LogP contribution in [-0.4, -0.2) is 43.8 Å². The van der Waals surface area contributed by atoms with Crippen LogP contribution in [-0.2, 0) is 26.2 Å². The summed E-state index contributed by atoms with van der Waals surface area (Å²) >= 11 is 3.44. The van der Waals surface area contributed by atoms with Gasteiger partial charge in [-0.3, -0.25) is 13.9 Å². The van der Waals surface area contributed by atoms with Gasteiger partial charge < -0.3 is 10.2 Å². The molecule has 2 amide bonds. The number of hydrogen-bond acceptors (Lipinski definition) is 4. The van der Waals surface area contributed by atoms with E-state index in [0.29, 0.717) is 5.69 Å². The summed E-state index contributed by atoms with van der Waals surface area (Å²) in [7, 11) is -4.08. The van der Waals surface area contributed by atoms with E-state index >= 15 is 0 Å². The van der Waals surface area contributed by atoms with Crippen LogP contribution in [0.25, 0.3) is 0 Å². The summed E-state index contributed by atoms with van der Waals surface area (Å²) in [5, 5.41) is 3.13. The van der Waals surface area contributed by atoms with E-state index in [4.69, 9.17) is 0 Å². The van der Waals surface area contributed by atoms with Gasteiger partial charge in [0.2, 0.25) is 11.8 Å². The maximum absolute atomic E-state index is 14.1. The lowest BCUT2D eigenvalue weighted by atomic mass is 9.95. The van der Waals surface area contributed by atoms with Gasteiger partial charge in [0, 0.05) is 17.1 Å². The highest BCUT2D eigenvalue weighted by Gasteiger charge is 2.33. The predicted molar refractivity (Wildman–Crippen MR) is 166 cm³/mol. The zero-order chi connectivity index (χ0) is 29.6. The summed E-state index contributed by atoms with van der Waals surface area (Å²) in [6.45, 7) is 5.29. The van der Waals surface area contributed by atoms with Crippen molar-refractivity contribution in [3.05, 3.63) is 94.0 Å². The largest absolute Gasteiger partial charge is 0.352 e. The maximum atomic E-state index is 14.1. The van der Waals surface area contributed by atoms with Gasteiger partial charge in [-0.1, -0.05) is 71.6 Å². The van der Waals surface area contributed by atoms with Gasteiger partial charge in [-0.15, -0.1) is 0 Å². The number of anilines is 1. The SMILES string of the molecule is Cc1ccc(N(CC(=O)N(Cc2ccc(Br)cc2)[C@H](C)C(=O)NC2CCCCC2)S(=O)(=O)c2ccccc2)cc1C. The molecule has 1 fully saturated rings. The molecule has 9 heteroatoms. The van der Waals surface area contributed by atoms with E-state index in [9.17, 15) is 18.0 Å². The van der Waals surface area contributed by atoms with Crippen LogP contribution in [0, 0.1) is 13.8 Å². The first-order valence-corrected chi connectivity index (χ1v) is 16.3. The summed E-state index contributed by atoms with van der Waals surface area (Å²) in [6.07, 6.45) is 5.16. The van der Waals surface area contributed by atoms with E-state index in [0.717, 1.165) is 51.2 Å². The molecule has 41 heavy (non-hydrogen) atoms. The molecule has 3 aromatic rings. The van der Waals surface area contributed by atoms with Crippen LogP contribution in [0.15, 0.2) is 82.2 Å². The second-order valence-electron chi connectivity index (χ2n) is 10.8. The second-order valence-corrected chi connectivity index (χ2v) is 13.5. The minimum Gasteiger partial charge on any atom is -0.352 e. The Bertz CT molecular complexity index is 1460. The number of amides is 2. The van der Waals surface area contributed by atoms with E-state index in [-0.39, 0.29) is 23.4 Å². The molecule has 0 spiro atoms. The molecule has 1 N–H and O–H groups in total. The smallest absolute Gasteiger partial charge is 0.264 e. The van der Waals surface area contributed by atoms with Gasteiger partial charge >= 0.3 is 0 Å². The highest BCUT2D eigenvalue weighted by Crippen LogP contribution is 2.27. The molecule has 218 valence electrons. The van der Waals surface area contributed by atoms with Crippen molar-refractivity contribution in [1.82, 2.24) is 10.2 Å². The molecule has 4 rings (SSSR count). The molecule has 0 aliphatic heterocycles. The van der Waals surface area contributed by atoms with Gasteiger partial charge in [-0.05, 0) is 86.7 Å². The number of nitrogens with zero attached hydrogens (tertiary/aromatic N) is 2. The van der Waals surface area contributed by atoms with Crippen LogP contribution >= 0.6 is 15.9 Å². The number of rotatable bonds is 10. The fourth-order valence-corrected chi connectivity index (χ4v) is 6.76. The average molecular weight is 641 g/mol. The molecule has 0 bridgehead atoms. The Hall–Kier alpha value is -3.17. The minimum atomic E-state index is -4.08. The Balaban J connectivity index is 1.68. The van der Waals surface area contributed by atoms with Crippen molar-refractivity contribution in [2.75, 3.05) is 10.8 Å². The third kappa shape index (κ3) is 7.77. The number of hydrogen-bond donors (Lipinski definition) is 1. The molecule has 1 aliphatic rings. The molecular weight excluding hydrogens is 602 g/mol. The molecule has 0 unspecified atom stereocenters. The Morgan fingerprint density at radius 1 is 0.927 bits per heavy atom. The van der Waals surface area contributed by atoms with Crippen molar-refractivity contribution in [2.24, 2.45) is 0 Å². The summed E-state index contributed by atoms with van der Waals surface area (Å²) in [4.78, 5) is 29.1. The van der Waals surface area contributed by atoms with E-state index in [1.807, 2.05) is 44.2 Å². The van der Waals surface area contributed by atoms with E-state index in [1.165, 1.54) is 23.5 Å². The van der Waals surface area contributed by atoms with Crippen molar-refractivity contribution in [3.63, 3.8) is 0 Å². The zero-order valence-electron chi connectivity index (χ0n) is 23.8. The Morgan fingerprint density at radius 3 is 2.22 bits per heavy atom. The highest BCUT2D eigenvalue weighted by atomic mass is 79.9. The first-order chi connectivity index (χ1) is 19.6. The van der Waals surface area contributed by atoms with Crippen LogP contribution in [0.2, 0.25) is 0 Å². The Labute approximate surface area is 252 Å². The number of benzene rings is 3. The van der Waals surface area contributed by atoms with E-state index < -0.39 is 28.5 Å². The Morgan fingerprint density at radius 2 is 1.59 bits per heavy atom. The second kappa shape index (κ2) is 13.7. The first-order valence-electron chi connectivity index (χ1n) is 14.1. The standard InChI is InChI=1S/C32H38BrN3O4S/c1-23-14-19-29(20-24(23)2)36(41(39,40)30-12-8-5-9-13-30)22-31(37)35(21-26-15-17-27(33)18-16-26)25(3)32(38)34-28-10-6-4-7-11-28/h5,8-9,12-20,25,28H,4,6-7,10-11,21-22H2,1-3H3,(H,34,38)/t25-/m1/s1. The maximum Gasteiger partial charge on any atom is 0.264 e. The highest BCUT2D eigenvalue weighted by molar-refractivity contribution is 9.10. The normalized spacial score (nSPS) is 14.7. The van der Waals surface area contributed by atoms with Gasteiger partial charge in [-0.2, -0.15) is 0 Å². The molecule has 0 aromatic heterocycles. The quantitative estimate of drug-likeness (QED) is 0.289. The molecule has 0 radical (unpaired) electrons. The van der Waals surface area contributed by atoms with Crippen LogP contribution in [0.1, 0.15) is 55.7 Å². The molecule has 0 saturated heterocycles. The fraction of sp³-hybridized carbons (Fsp3) is 0.375. The Kier molecular flexibility index (Phi) is 10.3. The van der Waals surface area contributed by atoms with Gasteiger partial charge in [0.05, 0.1) is 10.6 Å². The van der Waals surface area contributed by atoms with Gasteiger partial charge in [-0.25, -0.2) is 8.42 Å². The molecule has 0 heterocycles. The zero-order valence-corrected chi connectivity index (χ0v) is 26.2. The third-order valence-electron chi connectivity index (χ3n) is 7.77. The van der Waals surface area contributed by atoms with Crippen molar-refractivity contribution < 1.29 is 18.0 Å². The number of aryl methyl sites for hydroxylation is 2. The average Bonchev–Trinajstić information content (AvgIpc) is 2.97. The summed E-state index contributed by atoms with van der Waals surface area (Å²) in [6, 6.07) is 20.3. The summed E-state index contributed by atoms with van der Waals surface area (Å²) < 4.78 is 29.9. The first kappa shape index (κ1) is 30.8. The molecule has 7 nitrogen and oxygen atoms in total. The van der Waals surface area contributed by atoms with Gasteiger partial charge in [0.25, 0.3) is 10.0 Å². The van der Waals surface area contributed by atoms with Crippen LogP contribution in [0.5, 0.6) is 0 Å². The van der Waals surface area contributed by atoms with Crippen molar-refractivity contribution in [2.45, 2.75) is 76.4 Å². The lowest BCUT2D eigenvalue weighted by molar-refractivity contribution is -0.139. The van der Waals surface area contributed by atoms with Crippen molar-refractivity contribution in [3.8, 4) is 0 Å². The van der Waals surface area contributed by atoms with Gasteiger partial charge in [0.1, 0.15) is 12.6 Å². The van der Waals surface area contributed by atoms with E-state index in [2.05, 4.69) is 21.2 Å². The van der Waals surface area contributed by atoms with Crippen LogP contribution in [0.4, 0.5) is 5.69 Å². The van der Waals surface area contributed by atoms with Crippen molar-refractivity contribution >= 4 is 43.5 Å². The number of halogens is 1. The summed E-state index contributed by atoms with van der Waals surface area (Å²) in [5.41, 5.74) is 3.16. The predicted octanol–water partition coefficient (Wildman–Crippen LogP) is 6.13. The molecule has 1 saturated carbocycles. The third-order valence-corrected chi connectivity index (χ3v) is 10.1. The van der Waals surface area contributed by atoms with Crippen molar-refractivity contribution in [1.29, 1.82) is 0 Å². The van der Waals surface area contributed by atoms with Gasteiger partial charge in [0.15, 0.2) is 0 Å². The molecule has 3 aromatic carbocycles. The molecular formula is C32H38BrN3O4S. The molecule has 1 aliphatic carbocycles. The number of nitrogens with one attached hydrogen (secondary N) is 1. The lowest BCUT2D eigenvalue weighted by Crippen LogP contribution is -2.53.